The first-order chi connectivity index (χ1) is 8.28. The molecule has 1 aromatic rings. The highest BCUT2D eigenvalue weighted by Gasteiger charge is 2.12. The third kappa shape index (κ3) is 5.05. The van der Waals surface area contributed by atoms with Crippen molar-refractivity contribution in [2.24, 2.45) is 0 Å². The summed E-state index contributed by atoms with van der Waals surface area (Å²) in [7, 11) is 0. The number of amides is 1. The summed E-state index contributed by atoms with van der Waals surface area (Å²) in [4.78, 5) is 11.5. The molecule has 0 atom stereocenters. The zero-order valence-electron chi connectivity index (χ0n) is 10.9. The van der Waals surface area contributed by atoms with Crippen LogP contribution in [0.4, 0.5) is 0 Å². The average molecular weight is 252 g/mol. The van der Waals surface area contributed by atoms with E-state index in [0.717, 1.165) is 5.56 Å². The second-order valence-electron chi connectivity index (χ2n) is 5.22. The molecule has 1 aromatic carbocycles. The van der Waals surface area contributed by atoms with E-state index in [1.165, 1.54) is 12.1 Å². The highest BCUT2D eigenvalue weighted by molar-refractivity contribution is 5.78. The van der Waals surface area contributed by atoms with E-state index in [4.69, 9.17) is 5.11 Å². The molecular weight excluding hydrogens is 232 g/mol. The minimum atomic E-state index is -0.241. The molecule has 100 valence electrons. The van der Waals surface area contributed by atoms with Crippen LogP contribution in [0.25, 0.3) is 0 Å². The molecule has 0 aliphatic carbocycles. The average Bonchev–Trinajstić information content (AvgIpc) is 2.20. The second kappa shape index (κ2) is 5.73. The number of phenols is 2. The van der Waals surface area contributed by atoms with Gasteiger partial charge >= 0.3 is 0 Å². The molecule has 0 aliphatic rings. The summed E-state index contributed by atoms with van der Waals surface area (Å²) in [5.41, 5.74) is 0.559. The van der Waals surface area contributed by atoms with Crippen LogP contribution in [-0.2, 0) is 11.3 Å². The number of rotatable bonds is 4. The summed E-state index contributed by atoms with van der Waals surface area (Å²) in [6.07, 6.45) is 0. The number of hydrogen-bond donors (Lipinski definition) is 4. The first kappa shape index (κ1) is 14.3. The highest BCUT2D eigenvalue weighted by atomic mass is 16.3. The van der Waals surface area contributed by atoms with Crippen molar-refractivity contribution < 1.29 is 15.0 Å². The number of nitrogens with one attached hydrogen (secondary N) is 2. The number of aromatic hydroxyl groups is 2. The van der Waals surface area contributed by atoms with Gasteiger partial charge in [-0.1, -0.05) is 6.07 Å². The monoisotopic (exact) mass is 252 g/mol. The van der Waals surface area contributed by atoms with Gasteiger partial charge < -0.3 is 20.8 Å². The standard InChI is InChI=1S/C13H20N2O3/c1-13(2,3)15-12(18)8-14-7-9-4-5-10(16)11(17)6-9/h4-6,14,16-17H,7-8H2,1-3H3,(H,15,18). The van der Waals surface area contributed by atoms with E-state index in [-0.39, 0.29) is 29.5 Å². The Morgan fingerprint density at radius 3 is 2.44 bits per heavy atom. The molecule has 1 amide bonds. The van der Waals surface area contributed by atoms with Crippen molar-refractivity contribution >= 4 is 5.91 Å². The number of carbonyl (C=O) groups excluding carboxylic acids is 1. The van der Waals surface area contributed by atoms with Crippen molar-refractivity contribution in [2.45, 2.75) is 32.9 Å². The minimum absolute atomic E-state index is 0.0782. The van der Waals surface area contributed by atoms with E-state index in [2.05, 4.69) is 10.6 Å². The summed E-state index contributed by atoms with van der Waals surface area (Å²) in [6.45, 7) is 6.42. The molecule has 0 spiro atoms. The van der Waals surface area contributed by atoms with E-state index >= 15 is 0 Å². The number of benzene rings is 1. The van der Waals surface area contributed by atoms with Crippen molar-refractivity contribution in [3.05, 3.63) is 23.8 Å². The lowest BCUT2D eigenvalue weighted by Crippen LogP contribution is -2.44. The van der Waals surface area contributed by atoms with Crippen molar-refractivity contribution in [1.82, 2.24) is 10.6 Å². The molecule has 0 aliphatic heterocycles. The van der Waals surface area contributed by atoms with Crippen LogP contribution >= 0.6 is 0 Å². The molecule has 0 saturated carbocycles. The quantitative estimate of drug-likeness (QED) is 0.605. The Balaban J connectivity index is 2.38. The van der Waals surface area contributed by atoms with Crippen LogP contribution < -0.4 is 10.6 Å². The third-order valence-corrected chi connectivity index (χ3v) is 2.17. The SMILES string of the molecule is CC(C)(C)NC(=O)CNCc1ccc(O)c(O)c1. The first-order valence-corrected chi connectivity index (χ1v) is 5.80. The van der Waals surface area contributed by atoms with E-state index in [9.17, 15) is 9.90 Å². The predicted octanol–water partition coefficient (Wildman–Crippen LogP) is 1.10. The number of phenolic OH excluding ortho intramolecular Hbond substituents is 2. The minimum Gasteiger partial charge on any atom is -0.504 e. The Labute approximate surface area is 107 Å². The van der Waals surface area contributed by atoms with Crippen LogP contribution in [0.5, 0.6) is 11.5 Å². The van der Waals surface area contributed by atoms with Gasteiger partial charge in [0.25, 0.3) is 0 Å². The summed E-state index contributed by atoms with van der Waals surface area (Å²) < 4.78 is 0. The van der Waals surface area contributed by atoms with Crippen LogP contribution in [0.1, 0.15) is 26.3 Å². The molecule has 5 nitrogen and oxygen atoms in total. The summed E-state index contributed by atoms with van der Waals surface area (Å²) >= 11 is 0. The van der Waals surface area contributed by atoms with Crippen molar-refractivity contribution in [3.63, 3.8) is 0 Å². The Bertz CT molecular complexity index is 425. The van der Waals surface area contributed by atoms with Gasteiger partial charge in [-0.25, -0.2) is 0 Å². The van der Waals surface area contributed by atoms with Gasteiger partial charge in [-0.3, -0.25) is 4.79 Å². The fourth-order valence-electron chi connectivity index (χ4n) is 1.46. The number of hydrogen-bond acceptors (Lipinski definition) is 4. The molecule has 0 bridgehead atoms. The molecule has 4 N–H and O–H groups in total. The van der Waals surface area contributed by atoms with Crippen molar-refractivity contribution in [1.29, 1.82) is 0 Å². The molecule has 18 heavy (non-hydrogen) atoms. The molecule has 5 heteroatoms. The molecule has 0 fully saturated rings. The van der Waals surface area contributed by atoms with Crippen LogP contribution in [0.3, 0.4) is 0 Å². The van der Waals surface area contributed by atoms with Crippen molar-refractivity contribution in [2.75, 3.05) is 6.54 Å². The molecule has 0 heterocycles. The van der Waals surface area contributed by atoms with Crippen LogP contribution in [0.15, 0.2) is 18.2 Å². The van der Waals surface area contributed by atoms with Crippen molar-refractivity contribution in [3.8, 4) is 11.5 Å². The zero-order chi connectivity index (χ0) is 13.8. The van der Waals surface area contributed by atoms with E-state index in [1.54, 1.807) is 6.07 Å². The first-order valence-electron chi connectivity index (χ1n) is 5.80. The maximum Gasteiger partial charge on any atom is 0.234 e. The van der Waals surface area contributed by atoms with E-state index < -0.39 is 0 Å². The Morgan fingerprint density at radius 2 is 1.89 bits per heavy atom. The van der Waals surface area contributed by atoms with Gasteiger partial charge in [-0.05, 0) is 38.5 Å². The maximum absolute atomic E-state index is 11.5. The third-order valence-electron chi connectivity index (χ3n) is 2.17. The lowest BCUT2D eigenvalue weighted by Gasteiger charge is -2.20. The molecule has 0 saturated heterocycles. The fraction of sp³-hybridized carbons (Fsp3) is 0.462. The molecule has 0 aromatic heterocycles. The Morgan fingerprint density at radius 1 is 1.22 bits per heavy atom. The topological polar surface area (TPSA) is 81.6 Å². The van der Waals surface area contributed by atoms with Crippen LogP contribution in [0, 0.1) is 0 Å². The summed E-state index contributed by atoms with van der Waals surface area (Å²) in [5, 5.41) is 24.3. The smallest absolute Gasteiger partial charge is 0.234 e. The highest BCUT2D eigenvalue weighted by Crippen LogP contribution is 2.24. The van der Waals surface area contributed by atoms with Gasteiger partial charge in [-0.2, -0.15) is 0 Å². The molecular formula is C13H20N2O3. The van der Waals surface area contributed by atoms with Gasteiger partial charge in [-0.15, -0.1) is 0 Å². The second-order valence-corrected chi connectivity index (χ2v) is 5.22. The predicted molar refractivity (Wildman–Crippen MR) is 69.4 cm³/mol. The Kier molecular flexibility index (Phi) is 4.55. The van der Waals surface area contributed by atoms with Gasteiger partial charge in [0.1, 0.15) is 0 Å². The van der Waals surface area contributed by atoms with Gasteiger partial charge in [0.2, 0.25) is 5.91 Å². The lowest BCUT2D eigenvalue weighted by molar-refractivity contribution is -0.121. The molecule has 0 unspecified atom stereocenters. The Hall–Kier alpha value is -1.75. The fourth-order valence-corrected chi connectivity index (χ4v) is 1.46. The zero-order valence-corrected chi connectivity index (χ0v) is 10.9. The van der Waals surface area contributed by atoms with Crippen LogP contribution in [0.2, 0.25) is 0 Å². The summed E-state index contributed by atoms with van der Waals surface area (Å²) in [6, 6.07) is 4.56. The maximum atomic E-state index is 11.5. The van der Waals surface area contributed by atoms with Gasteiger partial charge in [0.05, 0.1) is 6.54 Å². The molecule has 0 radical (unpaired) electrons. The van der Waals surface area contributed by atoms with Gasteiger partial charge in [0, 0.05) is 12.1 Å². The number of carbonyl (C=O) groups is 1. The summed E-state index contributed by atoms with van der Waals surface area (Å²) in [5.74, 6) is -0.386. The van der Waals surface area contributed by atoms with Gasteiger partial charge in [0.15, 0.2) is 11.5 Å². The normalized spacial score (nSPS) is 11.3. The van der Waals surface area contributed by atoms with Crippen LogP contribution in [-0.4, -0.2) is 28.2 Å². The lowest BCUT2D eigenvalue weighted by atomic mass is 10.1. The molecule has 1 rings (SSSR count). The largest absolute Gasteiger partial charge is 0.504 e. The van der Waals surface area contributed by atoms with E-state index in [0.29, 0.717) is 6.54 Å². The van der Waals surface area contributed by atoms with E-state index in [1.807, 2.05) is 20.8 Å².